The fourth-order valence-corrected chi connectivity index (χ4v) is 2.40. The molecule has 0 atom stereocenters. The topological polar surface area (TPSA) is 61.6 Å². The second-order valence-corrected chi connectivity index (χ2v) is 5.24. The summed E-state index contributed by atoms with van der Waals surface area (Å²) in [5.74, 6) is 0.994. The van der Waals surface area contributed by atoms with E-state index < -0.39 is 4.92 Å². The zero-order valence-corrected chi connectivity index (χ0v) is 13.7. The largest absolute Gasteiger partial charge is 0.496 e. The van der Waals surface area contributed by atoms with E-state index in [1.165, 1.54) is 13.2 Å². The monoisotopic (exact) mass is 313 g/mol. The molecule has 0 N–H and O–H groups in total. The molecule has 0 saturated heterocycles. The molecule has 23 heavy (non-hydrogen) atoms. The molecule has 0 aromatic heterocycles. The highest BCUT2D eigenvalue weighted by Gasteiger charge is 2.17. The van der Waals surface area contributed by atoms with Crippen LogP contribution in [-0.4, -0.2) is 19.1 Å². The van der Waals surface area contributed by atoms with Gasteiger partial charge >= 0.3 is 5.69 Å². The maximum atomic E-state index is 11.2. The van der Waals surface area contributed by atoms with Gasteiger partial charge in [-0.05, 0) is 53.8 Å². The van der Waals surface area contributed by atoms with E-state index in [0.29, 0.717) is 11.1 Å². The molecule has 5 nitrogen and oxygen atoms in total. The fraction of sp³-hybridized carbons (Fsp3) is 0.222. The van der Waals surface area contributed by atoms with E-state index in [0.717, 1.165) is 22.4 Å². The molecule has 0 amide bonds. The average molecular weight is 313 g/mol. The Labute approximate surface area is 135 Å². The summed E-state index contributed by atoms with van der Waals surface area (Å²) in [7, 11) is 3.03. The van der Waals surface area contributed by atoms with Crippen molar-refractivity contribution < 1.29 is 14.4 Å². The number of ether oxygens (including phenoxy) is 2. The zero-order chi connectivity index (χ0) is 17.1. The quantitative estimate of drug-likeness (QED) is 0.610. The van der Waals surface area contributed by atoms with Gasteiger partial charge in [-0.2, -0.15) is 0 Å². The summed E-state index contributed by atoms with van der Waals surface area (Å²) in [5, 5.41) is 11.2. The predicted molar refractivity (Wildman–Crippen MR) is 90.3 cm³/mol. The number of nitrogens with zero attached hydrogens (tertiary/aromatic N) is 1. The molecule has 2 rings (SSSR count). The Balaban J connectivity index is 2.51. The second-order valence-electron chi connectivity index (χ2n) is 5.24. The molecule has 0 aliphatic heterocycles. The third-order valence-electron chi connectivity index (χ3n) is 3.91. The minimum Gasteiger partial charge on any atom is -0.496 e. The molecule has 0 spiro atoms. The molecule has 0 radical (unpaired) electrons. The fourth-order valence-electron chi connectivity index (χ4n) is 2.40. The SMILES string of the molecule is C=C(c1cc(C)c(C)c(OC)c1)c1ccc(OC)c([N+](=O)[O-])c1. The van der Waals surface area contributed by atoms with Crippen LogP contribution in [0.4, 0.5) is 5.69 Å². The summed E-state index contributed by atoms with van der Waals surface area (Å²) in [6, 6.07) is 8.70. The summed E-state index contributed by atoms with van der Waals surface area (Å²) in [5.41, 5.74) is 4.28. The van der Waals surface area contributed by atoms with Gasteiger partial charge in [0.2, 0.25) is 0 Å². The Bertz CT molecular complexity index is 781. The minimum absolute atomic E-state index is 0.0815. The Hall–Kier alpha value is -2.82. The lowest BCUT2D eigenvalue weighted by Gasteiger charge is -2.13. The summed E-state index contributed by atoms with van der Waals surface area (Å²) < 4.78 is 10.4. The number of rotatable bonds is 5. The summed E-state index contributed by atoms with van der Waals surface area (Å²) in [6.07, 6.45) is 0. The maximum Gasteiger partial charge on any atom is 0.311 e. The lowest BCUT2D eigenvalue weighted by Crippen LogP contribution is -1.97. The van der Waals surface area contributed by atoms with Crippen LogP contribution in [-0.2, 0) is 0 Å². The normalized spacial score (nSPS) is 10.3. The van der Waals surface area contributed by atoms with E-state index in [-0.39, 0.29) is 11.4 Å². The van der Waals surface area contributed by atoms with Crippen LogP contribution >= 0.6 is 0 Å². The Kier molecular flexibility index (Phi) is 4.69. The van der Waals surface area contributed by atoms with Crippen LogP contribution in [0, 0.1) is 24.0 Å². The number of aryl methyl sites for hydroxylation is 1. The molecule has 0 heterocycles. The Morgan fingerprint density at radius 1 is 1.04 bits per heavy atom. The summed E-state index contributed by atoms with van der Waals surface area (Å²) >= 11 is 0. The minimum atomic E-state index is -0.462. The standard InChI is InChI=1S/C18H19NO4/c1-11-8-15(10-18(23-5)12(11)2)13(3)14-6-7-17(22-4)16(9-14)19(20)21/h6-10H,3H2,1-2,4-5H3. The van der Waals surface area contributed by atoms with Crippen LogP contribution in [0.3, 0.4) is 0 Å². The zero-order valence-electron chi connectivity index (χ0n) is 13.7. The van der Waals surface area contributed by atoms with E-state index in [2.05, 4.69) is 6.58 Å². The molecule has 0 aliphatic carbocycles. The molecule has 2 aromatic carbocycles. The number of hydrogen-bond donors (Lipinski definition) is 0. The van der Waals surface area contributed by atoms with Crippen molar-refractivity contribution in [2.45, 2.75) is 13.8 Å². The van der Waals surface area contributed by atoms with Crippen molar-refractivity contribution in [3.63, 3.8) is 0 Å². The molecule has 0 aliphatic rings. The lowest BCUT2D eigenvalue weighted by molar-refractivity contribution is -0.385. The second kappa shape index (κ2) is 6.52. The van der Waals surface area contributed by atoms with Gasteiger partial charge in [-0.3, -0.25) is 10.1 Å². The van der Waals surface area contributed by atoms with Crippen molar-refractivity contribution in [1.82, 2.24) is 0 Å². The molecule has 2 aromatic rings. The van der Waals surface area contributed by atoms with Crippen LogP contribution in [0.1, 0.15) is 22.3 Å². The van der Waals surface area contributed by atoms with E-state index in [1.54, 1.807) is 19.2 Å². The first kappa shape index (κ1) is 16.5. The van der Waals surface area contributed by atoms with Crippen LogP contribution in [0.15, 0.2) is 36.9 Å². The predicted octanol–water partition coefficient (Wildman–Crippen LogP) is 4.29. The van der Waals surface area contributed by atoms with Gasteiger partial charge in [0, 0.05) is 6.07 Å². The van der Waals surface area contributed by atoms with Crippen molar-refractivity contribution in [2.24, 2.45) is 0 Å². The number of benzene rings is 2. The van der Waals surface area contributed by atoms with Crippen LogP contribution in [0.5, 0.6) is 11.5 Å². The van der Waals surface area contributed by atoms with E-state index in [1.807, 2.05) is 26.0 Å². The van der Waals surface area contributed by atoms with Gasteiger partial charge in [0.15, 0.2) is 5.75 Å². The van der Waals surface area contributed by atoms with Gasteiger partial charge in [-0.1, -0.05) is 18.7 Å². The molecule has 5 heteroatoms. The van der Waals surface area contributed by atoms with E-state index >= 15 is 0 Å². The van der Waals surface area contributed by atoms with Crippen LogP contribution in [0.25, 0.3) is 5.57 Å². The number of nitro benzene ring substituents is 1. The number of nitro groups is 1. The van der Waals surface area contributed by atoms with Crippen molar-refractivity contribution in [2.75, 3.05) is 14.2 Å². The van der Waals surface area contributed by atoms with Crippen molar-refractivity contribution in [1.29, 1.82) is 0 Å². The first-order valence-corrected chi connectivity index (χ1v) is 7.06. The van der Waals surface area contributed by atoms with Gasteiger partial charge < -0.3 is 9.47 Å². The number of hydrogen-bond acceptors (Lipinski definition) is 4. The van der Waals surface area contributed by atoms with Crippen molar-refractivity contribution >= 4 is 11.3 Å². The third kappa shape index (κ3) is 3.18. The molecular formula is C18H19NO4. The van der Waals surface area contributed by atoms with Crippen LogP contribution < -0.4 is 9.47 Å². The lowest BCUT2D eigenvalue weighted by atomic mass is 9.95. The van der Waals surface area contributed by atoms with Gasteiger partial charge in [-0.15, -0.1) is 0 Å². The van der Waals surface area contributed by atoms with Gasteiger partial charge in [0.1, 0.15) is 5.75 Å². The molecular weight excluding hydrogens is 294 g/mol. The van der Waals surface area contributed by atoms with Crippen molar-refractivity contribution in [3.05, 3.63) is 69.3 Å². The highest BCUT2D eigenvalue weighted by Crippen LogP contribution is 2.34. The first-order chi connectivity index (χ1) is 10.9. The third-order valence-corrected chi connectivity index (χ3v) is 3.91. The van der Waals surface area contributed by atoms with Crippen molar-refractivity contribution in [3.8, 4) is 11.5 Å². The molecule has 120 valence electrons. The van der Waals surface area contributed by atoms with Gasteiger partial charge in [0.25, 0.3) is 0 Å². The molecule has 0 fully saturated rings. The van der Waals surface area contributed by atoms with E-state index in [4.69, 9.17) is 9.47 Å². The molecule has 0 unspecified atom stereocenters. The Morgan fingerprint density at radius 3 is 2.26 bits per heavy atom. The Morgan fingerprint density at radius 2 is 1.70 bits per heavy atom. The van der Waals surface area contributed by atoms with Crippen LogP contribution in [0.2, 0.25) is 0 Å². The van der Waals surface area contributed by atoms with E-state index in [9.17, 15) is 10.1 Å². The highest BCUT2D eigenvalue weighted by atomic mass is 16.6. The average Bonchev–Trinajstić information content (AvgIpc) is 2.55. The molecule has 0 saturated carbocycles. The van der Waals surface area contributed by atoms with Gasteiger partial charge in [-0.25, -0.2) is 0 Å². The van der Waals surface area contributed by atoms with Gasteiger partial charge in [0.05, 0.1) is 19.1 Å². The maximum absolute atomic E-state index is 11.2. The summed E-state index contributed by atoms with van der Waals surface area (Å²) in [4.78, 5) is 10.7. The summed E-state index contributed by atoms with van der Waals surface area (Å²) in [6.45, 7) is 8.05. The number of methoxy groups -OCH3 is 2. The first-order valence-electron chi connectivity index (χ1n) is 7.06. The smallest absolute Gasteiger partial charge is 0.311 e. The highest BCUT2D eigenvalue weighted by molar-refractivity contribution is 5.81. The molecule has 0 bridgehead atoms.